The van der Waals surface area contributed by atoms with Crippen LogP contribution in [0.3, 0.4) is 0 Å². The molecule has 1 heterocycles. The van der Waals surface area contributed by atoms with Gasteiger partial charge in [0, 0.05) is 16.8 Å². The summed E-state index contributed by atoms with van der Waals surface area (Å²) in [5.74, 6) is 0.319. The van der Waals surface area contributed by atoms with E-state index in [0.717, 1.165) is 11.4 Å². The molecule has 0 bridgehead atoms. The molecular weight excluding hydrogens is 352 g/mol. The minimum Gasteiger partial charge on any atom is -0.350 e. The Bertz CT molecular complexity index is 1010. The molecule has 1 aliphatic rings. The van der Waals surface area contributed by atoms with Crippen molar-refractivity contribution in [3.63, 3.8) is 0 Å². The summed E-state index contributed by atoms with van der Waals surface area (Å²) in [7, 11) is 0. The normalized spacial score (nSPS) is 20.3. The van der Waals surface area contributed by atoms with E-state index in [1.165, 1.54) is 16.8 Å². The van der Waals surface area contributed by atoms with Crippen LogP contribution in [0.25, 0.3) is 0 Å². The Kier molecular flexibility index (Phi) is 4.82. The molecule has 0 aliphatic carbocycles. The van der Waals surface area contributed by atoms with Crippen LogP contribution in [0.5, 0.6) is 0 Å². The van der Waals surface area contributed by atoms with E-state index in [9.17, 15) is 0 Å². The van der Waals surface area contributed by atoms with E-state index in [0.29, 0.717) is 5.92 Å². The lowest BCUT2D eigenvalue weighted by Crippen LogP contribution is -2.59. The van der Waals surface area contributed by atoms with Gasteiger partial charge in [0.05, 0.1) is 11.4 Å². The highest BCUT2D eigenvalue weighted by molar-refractivity contribution is 6.18. The van der Waals surface area contributed by atoms with Crippen LogP contribution in [0.4, 0.5) is 11.4 Å². The van der Waals surface area contributed by atoms with Crippen LogP contribution in [0, 0.1) is 5.92 Å². The van der Waals surface area contributed by atoms with Gasteiger partial charge < -0.3 is 4.90 Å². The summed E-state index contributed by atoms with van der Waals surface area (Å²) in [4.78, 5) is 7.88. The highest BCUT2D eigenvalue weighted by Gasteiger charge is 2.55. The van der Waals surface area contributed by atoms with Gasteiger partial charge in [0.1, 0.15) is 5.54 Å². The smallest absolute Gasteiger partial charge is 0.111 e. The standard InChI is InChI=1S/C27H30N2/c1-20(2)27(21-14-8-6-9-15-21)25(28-22-16-10-7-11-17-22)23-18-12-13-19-24(23)29(27)26(3,4)5/h6-20H,1-5H3/b28-25-. The van der Waals surface area contributed by atoms with Crippen molar-refractivity contribution in [2.75, 3.05) is 4.90 Å². The lowest BCUT2D eigenvalue weighted by Gasteiger charge is -2.51. The number of benzene rings is 3. The highest BCUT2D eigenvalue weighted by Crippen LogP contribution is 2.53. The van der Waals surface area contributed by atoms with Gasteiger partial charge in [-0.15, -0.1) is 0 Å². The highest BCUT2D eigenvalue weighted by atomic mass is 15.3. The third-order valence-corrected chi connectivity index (χ3v) is 5.83. The number of aliphatic imine (C=N–C) groups is 1. The van der Waals surface area contributed by atoms with Gasteiger partial charge in [-0.05, 0) is 50.5 Å². The molecule has 0 saturated carbocycles. The molecule has 2 heteroatoms. The molecule has 0 fully saturated rings. The maximum absolute atomic E-state index is 5.29. The van der Waals surface area contributed by atoms with Crippen molar-refractivity contribution in [1.29, 1.82) is 0 Å². The molecule has 0 amide bonds. The number of para-hydroxylation sites is 2. The lowest BCUT2D eigenvalue weighted by molar-refractivity contribution is 0.327. The Morgan fingerprint density at radius 3 is 1.90 bits per heavy atom. The first-order valence-electron chi connectivity index (χ1n) is 10.5. The van der Waals surface area contributed by atoms with Gasteiger partial charge >= 0.3 is 0 Å². The largest absolute Gasteiger partial charge is 0.350 e. The Balaban J connectivity index is 2.12. The third-order valence-electron chi connectivity index (χ3n) is 5.83. The quantitative estimate of drug-likeness (QED) is 0.477. The molecule has 0 saturated heterocycles. The van der Waals surface area contributed by atoms with Crippen molar-refractivity contribution in [3.05, 3.63) is 96.1 Å². The molecule has 1 atom stereocenters. The molecular formula is C27H30N2. The van der Waals surface area contributed by atoms with Crippen LogP contribution in [0.1, 0.15) is 45.7 Å². The van der Waals surface area contributed by atoms with Crippen LogP contribution in [0.2, 0.25) is 0 Å². The number of fused-ring (bicyclic) bond motifs is 1. The van der Waals surface area contributed by atoms with Crippen molar-refractivity contribution in [3.8, 4) is 0 Å². The Morgan fingerprint density at radius 2 is 1.31 bits per heavy atom. The zero-order valence-electron chi connectivity index (χ0n) is 18.1. The van der Waals surface area contributed by atoms with Crippen LogP contribution in [-0.2, 0) is 5.54 Å². The number of nitrogens with zero attached hydrogens (tertiary/aromatic N) is 2. The number of hydrogen-bond acceptors (Lipinski definition) is 2. The molecule has 1 unspecified atom stereocenters. The van der Waals surface area contributed by atoms with Crippen LogP contribution in [-0.4, -0.2) is 11.3 Å². The number of hydrogen-bond donors (Lipinski definition) is 0. The van der Waals surface area contributed by atoms with E-state index < -0.39 is 0 Å². The fourth-order valence-corrected chi connectivity index (χ4v) is 4.86. The predicted molar refractivity (Wildman–Crippen MR) is 124 cm³/mol. The summed E-state index contributed by atoms with van der Waals surface area (Å²) in [6, 6.07) is 30.0. The molecule has 0 spiro atoms. The first kappa shape index (κ1) is 19.4. The van der Waals surface area contributed by atoms with Gasteiger partial charge in [-0.1, -0.05) is 80.6 Å². The lowest BCUT2D eigenvalue weighted by atomic mass is 9.73. The summed E-state index contributed by atoms with van der Waals surface area (Å²) in [6.45, 7) is 11.5. The maximum Gasteiger partial charge on any atom is 0.111 e. The van der Waals surface area contributed by atoms with Crippen LogP contribution in [0.15, 0.2) is 89.9 Å². The summed E-state index contributed by atoms with van der Waals surface area (Å²) in [5, 5.41) is 0. The van der Waals surface area contributed by atoms with Gasteiger partial charge in [0.15, 0.2) is 0 Å². The molecule has 2 nitrogen and oxygen atoms in total. The molecule has 3 aromatic carbocycles. The molecule has 1 aliphatic heterocycles. The Hall–Kier alpha value is -2.87. The summed E-state index contributed by atoms with van der Waals surface area (Å²) >= 11 is 0. The summed E-state index contributed by atoms with van der Waals surface area (Å²) < 4.78 is 0. The van der Waals surface area contributed by atoms with E-state index in [1.54, 1.807) is 0 Å². The van der Waals surface area contributed by atoms with Gasteiger partial charge in [-0.2, -0.15) is 0 Å². The number of rotatable bonds is 3. The van der Waals surface area contributed by atoms with Gasteiger partial charge in [-0.25, -0.2) is 4.99 Å². The fourth-order valence-electron chi connectivity index (χ4n) is 4.86. The second-order valence-electron chi connectivity index (χ2n) is 9.11. The molecule has 0 radical (unpaired) electrons. The molecule has 29 heavy (non-hydrogen) atoms. The fraction of sp³-hybridized carbons (Fsp3) is 0.296. The zero-order chi connectivity index (χ0) is 20.6. The van der Waals surface area contributed by atoms with Gasteiger partial charge in [0.25, 0.3) is 0 Å². The van der Waals surface area contributed by atoms with E-state index in [4.69, 9.17) is 4.99 Å². The molecule has 148 valence electrons. The summed E-state index contributed by atoms with van der Waals surface area (Å²) in [5.41, 5.74) is 5.47. The first-order valence-corrected chi connectivity index (χ1v) is 10.5. The van der Waals surface area contributed by atoms with E-state index in [-0.39, 0.29) is 11.1 Å². The second-order valence-corrected chi connectivity index (χ2v) is 9.11. The van der Waals surface area contributed by atoms with Crippen LogP contribution >= 0.6 is 0 Å². The Morgan fingerprint density at radius 1 is 0.759 bits per heavy atom. The van der Waals surface area contributed by atoms with Crippen molar-refractivity contribution in [2.24, 2.45) is 10.9 Å². The van der Waals surface area contributed by atoms with E-state index >= 15 is 0 Å². The van der Waals surface area contributed by atoms with Crippen molar-refractivity contribution < 1.29 is 0 Å². The predicted octanol–water partition coefficient (Wildman–Crippen LogP) is 6.98. The van der Waals surface area contributed by atoms with E-state index in [2.05, 4.69) is 118 Å². The van der Waals surface area contributed by atoms with Crippen LogP contribution < -0.4 is 4.90 Å². The maximum atomic E-state index is 5.29. The number of anilines is 1. The van der Waals surface area contributed by atoms with E-state index in [1.807, 2.05) is 6.07 Å². The average Bonchev–Trinajstić information content (AvgIpc) is 3.01. The molecule has 0 N–H and O–H groups in total. The van der Waals surface area contributed by atoms with Crippen molar-refractivity contribution >= 4 is 17.1 Å². The van der Waals surface area contributed by atoms with Crippen molar-refractivity contribution in [1.82, 2.24) is 0 Å². The SMILES string of the molecule is CC(C)C1(c2ccccc2)/C(=N\c2ccccc2)c2ccccc2N1C(C)(C)C. The summed E-state index contributed by atoms with van der Waals surface area (Å²) in [6.07, 6.45) is 0. The zero-order valence-corrected chi connectivity index (χ0v) is 18.1. The minimum atomic E-state index is -0.348. The molecule has 3 aromatic rings. The topological polar surface area (TPSA) is 15.6 Å². The van der Waals surface area contributed by atoms with Gasteiger partial charge in [0.2, 0.25) is 0 Å². The average molecular weight is 383 g/mol. The Labute approximate surface area is 174 Å². The monoisotopic (exact) mass is 382 g/mol. The molecule has 4 rings (SSSR count). The third kappa shape index (κ3) is 3.07. The molecule has 0 aromatic heterocycles. The minimum absolute atomic E-state index is 0.0792. The van der Waals surface area contributed by atoms with Gasteiger partial charge in [-0.3, -0.25) is 0 Å². The first-order chi connectivity index (χ1) is 13.9. The van der Waals surface area contributed by atoms with Crippen molar-refractivity contribution in [2.45, 2.75) is 45.7 Å². The second kappa shape index (κ2) is 7.18.